The molecule has 0 aromatic carbocycles. The van der Waals surface area contributed by atoms with Gasteiger partial charge in [-0.05, 0) is 25.8 Å². The average Bonchev–Trinajstić information content (AvgIpc) is 2.56. The molecule has 3 nitrogen and oxygen atoms in total. The molecule has 0 spiro atoms. The molecule has 1 fully saturated rings. The number of hydrogen-bond acceptors (Lipinski definition) is 2. The van der Waals surface area contributed by atoms with Crippen molar-refractivity contribution in [3.05, 3.63) is 18.0 Å². The summed E-state index contributed by atoms with van der Waals surface area (Å²) < 4.78 is 1.86. The number of hydrogen-bond donors (Lipinski definition) is 1. The van der Waals surface area contributed by atoms with Crippen LogP contribution in [0.4, 0.5) is 0 Å². The van der Waals surface area contributed by atoms with Gasteiger partial charge in [0.1, 0.15) is 0 Å². The van der Waals surface area contributed by atoms with Crippen molar-refractivity contribution in [1.29, 1.82) is 0 Å². The van der Waals surface area contributed by atoms with Crippen LogP contribution in [0.5, 0.6) is 0 Å². The van der Waals surface area contributed by atoms with Gasteiger partial charge < -0.3 is 5.32 Å². The van der Waals surface area contributed by atoms with Gasteiger partial charge in [0, 0.05) is 24.8 Å². The van der Waals surface area contributed by atoms with Crippen LogP contribution >= 0.6 is 0 Å². The first-order chi connectivity index (χ1) is 7.25. The molecule has 1 aliphatic carbocycles. The van der Waals surface area contributed by atoms with E-state index in [4.69, 9.17) is 0 Å². The molecule has 1 aromatic heterocycles. The first-order valence-corrected chi connectivity index (χ1v) is 5.97. The molecule has 0 saturated heterocycles. The molecular weight excluding hydrogens is 186 g/mol. The topological polar surface area (TPSA) is 29.9 Å². The molecule has 1 saturated carbocycles. The minimum Gasteiger partial charge on any atom is -0.310 e. The quantitative estimate of drug-likeness (QED) is 0.802. The van der Waals surface area contributed by atoms with Gasteiger partial charge in [-0.3, -0.25) is 4.68 Å². The zero-order valence-electron chi connectivity index (χ0n) is 9.74. The maximum atomic E-state index is 4.18. The molecule has 0 radical (unpaired) electrons. The van der Waals surface area contributed by atoms with Crippen LogP contribution < -0.4 is 5.32 Å². The summed E-state index contributed by atoms with van der Waals surface area (Å²) in [4.78, 5) is 0. The van der Waals surface area contributed by atoms with Crippen molar-refractivity contribution in [2.75, 3.05) is 6.54 Å². The normalized spacial score (nSPS) is 18.8. The van der Waals surface area contributed by atoms with Crippen LogP contribution in [0.15, 0.2) is 12.4 Å². The Hall–Kier alpha value is -0.830. The molecular formula is C12H21N3. The van der Waals surface area contributed by atoms with E-state index >= 15 is 0 Å². The third-order valence-corrected chi connectivity index (χ3v) is 3.45. The summed E-state index contributed by atoms with van der Waals surface area (Å²) in [6, 6.07) is 0.429. The molecule has 0 bridgehead atoms. The van der Waals surface area contributed by atoms with Gasteiger partial charge in [0.15, 0.2) is 0 Å². The largest absolute Gasteiger partial charge is 0.310 e. The Balaban J connectivity index is 1.69. The summed E-state index contributed by atoms with van der Waals surface area (Å²) in [5.74, 6) is 0.999. The number of nitrogens with one attached hydrogen (secondary N) is 1. The molecule has 1 aliphatic rings. The maximum absolute atomic E-state index is 4.18. The summed E-state index contributed by atoms with van der Waals surface area (Å²) >= 11 is 0. The SMILES string of the molecule is CC(NCCC1CCC1)c1cnn(C)c1. The molecule has 1 heterocycles. The molecule has 1 aromatic rings. The summed E-state index contributed by atoms with van der Waals surface area (Å²) in [6.07, 6.45) is 9.71. The molecule has 1 unspecified atom stereocenters. The lowest BCUT2D eigenvalue weighted by Crippen LogP contribution is -2.23. The van der Waals surface area contributed by atoms with Crippen molar-refractivity contribution in [2.24, 2.45) is 13.0 Å². The molecule has 3 heteroatoms. The highest BCUT2D eigenvalue weighted by atomic mass is 15.2. The van der Waals surface area contributed by atoms with Crippen LogP contribution in [-0.2, 0) is 7.05 Å². The highest BCUT2D eigenvalue weighted by Gasteiger charge is 2.17. The van der Waals surface area contributed by atoms with Crippen LogP contribution in [0.25, 0.3) is 0 Å². The van der Waals surface area contributed by atoms with Gasteiger partial charge in [-0.2, -0.15) is 5.10 Å². The summed E-state index contributed by atoms with van der Waals surface area (Å²) in [5, 5.41) is 7.74. The van der Waals surface area contributed by atoms with Crippen molar-refractivity contribution >= 4 is 0 Å². The third-order valence-electron chi connectivity index (χ3n) is 3.45. The second-order valence-electron chi connectivity index (χ2n) is 4.71. The minimum absolute atomic E-state index is 0.429. The van der Waals surface area contributed by atoms with Crippen LogP contribution in [0.3, 0.4) is 0 Å². The van der Waals surface area contributed by atoms with Gasteiger partial charge >= 0.3 is 0 Å². The van der Waals surface area contributed by atoms with Crippen molar-refractivity contribution in [2.45, 2.75) is 38.6 Å². The fourth-order valence-corrected chi connectivity index (χ4v) is 2.07. The van der Waals surface area contributed by atoms with Crippen molar-refractivity contribution in [3.8, 4) is 0 Å². The lowest BCUT2D eigenvalue weighted by Gasteiger charge is -2.25. The number of aromatic nitrogens is 2. The number of aryl methyl sites for hydroxylation is 1. The first kappa shape index (κ1) is 10.7. The average molecular weight is 207 g/mol. The summed E-state index contributed by atoms with van der Waals surface area (Å²) in [5.41, 5.74) is 1.28. The Morgan fingerprint density at radius 3 is 2.93 bits per heavy atom. The van der Waals surface area contributed by atoms with E-state index in [2.05, 4.69) is 23.5 Å². The summed E-state index contributed by atoms with van der Waals surface area (Å²) in [7, 11) is 1.96. The van der Waals surface area contributed by atoms with Gasteiger partial charge in [-0.1, -0.05) is 19.3 Å². The fourth-order valence-electron chi connectivity index (χ4n) is 2.07. The lowest BCUT2D eigenvalue weighted by atomic mass is 9.83. The highest BCUT2D eigenvalue weighted by molar-refractivity contribution is 5.08. The van der Waals surface area contributed by atoms with Crippen molar-refractivity contribution < 1.29 is 0 Å². The predicted octanol–water partition coefficient (Wildman–Crippen LogP) is 2.26. The zero-order valence-corrected chi connectivity index (χ0v) is 9.74. The Morgan fingerprint density at radius 1 is 1.60 bits per heavy atom. The first-order valence-electron chi connectivity index (χ1n) is 5.97. The Labute approximate surface area is 91.9 Å². The van der Waals surface area contributed by atoms with E-state index in [0.29, 0.717) is 6.04 Å². The Kier molecular flexibility index (Phi) is 3.41. The van der Waals surface area contributed by atoms with Crippen LogP contribution in [0, 0.1) is 5.92 Å². The van der Waals surface area contributed by atoms with Crippen LogP contribution in [0.1, 0.15) is 44.2 Å². The van der Waals surface area contributed by atoms with Crippen LogP contribution in [-0.4, -0.2) is 16.3 Å². The number of rotatable bonds is 5. The third kappa shape index (κ3) is 2.81. The van der Waals surface area contributed by atoms with E-state index < -0.39 is 0 Å². The number of nitrogens with zero attached hydrogens (tertiary/aromatic N) is 2. The van der Waals surface area contributed by atoms with Gasteiger partial charge in [0.2, 0.25) is 0 Å². The second kappa shape index (κ2) is 4.79. The molecule has 84 valence electrons. The van der Waals surface area contributed by atoms with Crippen LogP contribution in [0.2, 0.25) is 0 Å². The smallest absolute Gasteiger partial charge is 0.0537 e. The van der Waals surface area contributed by atoms with E-state index in [1.807, 2.05) is 17.9 Å². The molecule has 1 atom stereocenters. The highest BCUT2D eigenvalue weighted by Crippen LogP contribution is 2.28. The van der Waals surface area contributed by atoms with Gasteiger partial charge in [-0.25, -0.2) is 0 Å². The lowest BCUT2D eigenvalue weighted by molar-refractivity contribution is 0.288. The Bertz CT molecular complexity index is 302. The predicted molar refractivity (Wildman–Crippen MR) is 61.6 cm³/mol. The minimum atomic E-state index is 0.429. The van der Waals surface area contributed by atoms with Gasteiger partial charge in [0.25, 0.3) is 0 Å². The van der Waals surface area contributed by atoms with E-state index in [1.165, 1.54) is 31.2 Å². The van der Waals surface area contributed by atoms with Gasteiger partial charge in [0.05, 0.1) is 6.20 Å². The Morgan fingerprint density at radius 2 is 2.40 bits per heavy atom. The molecule has 0 aliphatic heterocycles. The fraction of sp³-hybridized carbons (Fsp3) is 0.750. The van der Waals surface area contributed by atoms with Crippen molar-refractivity contribution in [1.82, 2.24) is 15.1 Å². The summed E-state index contributed by atoms with van der Waals surface area (Å²) in [6.45, 7) is 3.35. The van der Waals surface area contributed by atoms with E-state index in [1.54, 1.807) is 0 Å². The van der Waals surface area contributed by atoms with Crippen molar-refractivity contribution in [3.63, 3.8) is 0 Å². The van der Waals surface area contributed by atoms with E-state index in [-0.39, 0.29) is 0 Å². The maximum Gasteiger partial charge on any atom is 0.0537 e. The monoisotopic (exact) mass is 207 g/mol. The molecule has 0 amide bonds. The van der Waals surface area contributed by atoms with Gasteiger partial charge in [-0.15, -0.1) is 0 Å². The molecule has 1 N–H and O–H groups in total. The van der Waals surface area contributed by atoms with E-state index in [9.17, 15) is 0 Å². The molecule has 2 rings (SSSR count). The zero-order chi connectivity index (χ0) is 10.7. The molecule has 15 heavy (non-hydrogen) atoms. The van der Waals surface area contributed by atoms with E-state index in [0.717, 1.165) is 12.5 Å². The second-order valence-corrected chi connectivity index (χ2v) is 4.71. The standard InChI is InChI=1S/C12H21N3/c1-10(12-8-14-15(2)9-12)13-7-6-11-4-3-5-11/h8-11,13H,3-7H2,1-2H3.